The van der Waals surface area contributed by atoms with Crippen LogP contribution in [0.3, 0.4) is 0 Å². The van der Waals surface area contributed by atoms with Gasteiger partial charge < -0.3 is 4.42 Å². The summed E-state index contributed by atoms with van der Waals surface area (Å²) in [5, 5.41) is 2.56. The van der Waals surface area contributed by atoms with Gasteiger partial charge in [0, 0.05) is 5.39 Å². The van der Waals surface area contributed by atoms with Crippen LogP contribution in [0, 0.1) is 0 Å². The molecule has 0 fully saturated rings. The average molecular weight is 385 g/mol. The molecule has 3 rings (SSSR count). The molecule has 1 heterocycles. The second-order valence-electron chi connectivity index (χ2n) is 3.68. The Balaban J connectivity index is 2.67. The number of halogens is 5. The van der Waals surface area contributed by atoms with Gasteiger partial charge in [-0.3, -0.25) is 0 Å². The summed E-state index contributed by atoms with van der Waals surface area (Å²) in [5.41, 5.74) is 1.10. The molecule has 0 amide bonds. The largest absolute Gasteiger partial charge is 0.453 e. The molecule has 0 aliphatic heterocycles. The van der Waals surface area contributed by atoms with Crippen LogP contribution in [-0.2, 0) is 0 Å². The highest BCUT2D eigenvalue weighted by atomic mass is 79.9. The van der Waals surface area contributed by atoms with Crippen LogP contribution in [0.25, 0.3) is 21.9 Å². The topological polar surface area (TPSA) is 13.1 Å². The number of hydrogen-bond acceptors (Lipinski definition) is 1. The molecule has 0 unspecified atom stereocenters. The Labute approximate surface area is 131 Å². The normalized spacial score (nSPS) is 11.6. The molecule has 1 aromatic heterocycles. The smallest absolute Gasteiger partial charge is 0.157 e. The highest BCUT2D eigenvalue weighted by Gasteiger charge is 2.21. The van der Waals surface area contributed by atoms with E-state index in [4.69, 9.17) is 50.8 Å². The van der Waals surface area contributed by atoms with Gasteiger partial charge in [0.1, 0.15) is 10.6 Å². The molecule has 0 atom stereocenters. The molecule has 1 nitrogen and oxygen atoms in total. The molecule has 18 heavy (non-hydrogen) atoms. The van der Waals surface area contributed by atoms with Gasteiger partial charge in [0.25, 0.3) is 0 Å². The number of benzene rings is 2. The number of rotatable bonds is 0. The maximum absolute atomic E-state index is 6.23. The lowest BCUT2D eigenvalue weighted by atomic mass is 10.1. The fourth-order valence-electron chi connectivity index (χ4n) is 1.86. The number of para-hydroxylation sites is 1. The Morgan fingerprint density at radius 1 is 0.833 bits per heavy atom. The Morgan fingerprint density at radius 3 is 2.22 bits per heavy atom. The average Bonchev–Trinajstić information content (AvgIpc) is 2.75. The third kappa shape index (κ3) is 1.67. The van der Waals surface area contributed by atoms with Crippen molar-refractivity contribution in [3.8, 4) is 0 Å². The van der Waals surface area contributed by atoms with Crippen molar-refractivity contribution < 1.29 is 4.42 Å². The van der Waals surface area contributed by atoms with Gasteiger partial charge in [-0.2, -0.15) is 0 Å². The molecule has 92 valence electrons. The zero-order valence-corrected chi connectivity index (χ0v) is 13.1. The molecule has 0 N–H and O–H groups in total. The minimum Gasteiger partial charge on any atom is -0.453 e. The van der Waals surface area contributed by atoms with E-state index >= 15 is 0 Å². The van der Waals surface area contributed by atoms with E-state index in [2.05, 4.69) is 15.9 Å². The summed E-state index contributed by atoms with van der Waals surface area (Å²) in [6.45, 7) is 0. The minimum atomic E-state index is 0.200. The Hall–Kier alpha value is -0.120. The van der Waals surface area contributed by atoms with Crippen molar-refractivity contribution in [2.75, 3.05) is 0 Å². The van der Waals surface area contributed by atoms with Crippen molar-refractivity contribution in [3.63, 3.8) is 0 Å². The number of hydrogen-bond donors (Lipinski definition) is 0. The van der Waals surface area contributed by atoms with Crippen molar-refractivity contribution in [1.82, 2.24) is 0 Å². The van der Waals surface area contributed by atoms with E-state index in [1.165, 1.54) is 0 Å². The predicted molar refractivity (Wildman–Crippen MR) is 81.5 cm³/mol. The molecule has 2 aromatic carbocycles. The highest BCUT2D eigenvalue weighted by molar-refractivity contribution is 9.10. The second-order valence-corrected chi connectivity index (χ2v) is 6.04. The summed E-state index contributed by atoms with van der Waals surface area (Å²) in [4.78, 5) is 0. The molecular formula is C12H3BrCl4O. The molecular weight excluding hydrogens is 382 g/mol. The van der Waals surface area contributed by atoms with Crippen LogP contribution in [0.5, 0.6) is 0 Å². The van der Waals surface area contributed by atoms with E-state index < -0.39 is 0 Å². The first-order chi connectivity index (χ1) is 8.52. The monoisotopic (exact) mass is 382 g/mol. The van der Waals surface area contributed by atoms with E-state index in [1.807, 2.05) is 18.2 Å². The fraction of sp³-hybridized carbons (Fsp3) is 0. The quantitative estimate of drug-likeness (QED) is 0.301. The molecule has 0 radical (unpaired) electrons. The summed E-state index contributed by atoms with van der Waals surface area (Å²) in [6, 6.07) is 5.64. The van der Waals surface area contributed by atoms with Crippen molar-refractivity contribution in [2.24, 2.45) is 0 Å². The van der Waals surface area contributed by atoms with Gasteiger partial charge >= 0.3 is 0 Å². The van der Waals surface area contributed by atoms with E-state index in [0.717, 1.165) is 9.86 Å². The molecule has 6 heteroatoms. The van der Waals surface area contributed by atoms with Crippen LogP contribution in [0.4, 0.5) is 0 Å². The maximum atomic E-state index is 6.23. The first kappa shape index (κ1) is 12.9. The van der Waals surface area contributed by atoms with Gasteiger partial charge in [0.15, 0.2) is 5.58 Å². The van der Waals surface area contributed by atoms with E-state index in [1.54, 1.807) is 0 Å². The van der Waals surface area contributed by atoms with Crippen LogP contribution in [0.15, 0.2) is 27.1 Å². The van der Waals surface area contributed by atoms with Crippen LogP contribution in [0.1, 0.15) is 0 Å². The zero-order valence-electron chi connectivity index (χ0n) is 8.53. The third-order valence-corrected chi connectivity index (χ3v) is 5.07. The summed E-state index contributed by atoms with van der Waals surface area (Å²) >= 11 is 27.9. The number of fused-ring (bicyclic) bond motifs is 3. The minimum absolute atomic E-state index is 0.200. The van der Waals surface area contributed by atoms with Gasteiger partial charge in [0.2, 0.25) is 0 Å². The van der Waals surface area contributed by atoms with Gasteiger partial charge in [0.05, 0.1) is 24.9 Å². The Kier molecular flexibility index (Phi) is 3.20. The zero-order chi connectivity index (χ0) is 13.0. The Morgan fingerprint density at radius 2 is 1.50 bits per heavy atom. The number of furan rings is 1. The molecule has 0 saturated carbocycles. The lowest BCUT2D eigenvalue weighted by molar-refractivity contribution is 0.667. The van der Waals surface area contributed by atoms with E-state index in [-0.39, 0.29) is 15.1 Å². The summed E-state index contributed by atoms with van der Waals surface area (Å²) in [7, 11) is 0. The molecule has 0 aliphatic rings. The standard InChI is InChI=1S/C12H3BrCl4O/c13-5-3-1-2-4-6-7(14)8(15)9(16)10(17)12(6)18-11(4)5/h1-3H. The van der Waals surface area contributed by atoms with Crippen LogP contribution >= 0.6 is 62.3 Å². The van der Waals surface area contributed by atoms with Gasteiger partial charge in [-0.05, 0) is 22.0 Å². The Bertz CT molecular complexity index is 794. The summed E-state index contributed by atoms with van der Waals surface area (Å²) in [6.07, 6.45) is 0. The summed E-state index contributed by atoms with van der Waals surface area (Å²) in [5.74, 6) is 0. The highest BCUT2D eigenvalue weighted by Crippen LogP contribution is 2.47. The van der Waals surface area contributed by atoms with Crippen molar-refractivity contribution in [1.29, 1.82) is 0 Å². The van der Waals surface area contributed by atoms with Crippen LogP contribution < -0.4 is 0 Å². The van der Waals surface area contributed by atoms with Crippen molar-refractivity contribution in [2.45, 2.75) is 0 Å². The van der Waals surface area contributed by atoms with Crippen LogP contribution in [0.2, 0.25) is 20.1 Å². The van der Waals surface area contributed by atoms with Gasteiger partial charge in [-0.25, -0.2) is 0 Å². The molecule has 0 spiro atoms. The first-order valence-electron chi connectivity index (χ1n) is 4.85. The lowest BCUT2D eigenvalue weighted by Crippen LogP contribution is -1.77. The first-order valence-corrected chi connectivity index (χ1v) is 7.15. The van der Waals surface area contributed by atoms with Crippen molar-refractivity contribution in [3.05, 3.63) is 42.8 Å². The molecule has 0 aliphatic carbocycles. The molecule has 0 bridgehead atoms. The lowest BCUT2D eigenvalue weighted by Gasteiger charge is -2.03. The van der Waals surface area contributed by atoms with E-state index in [9.17, 15) is 0 Å². The SMILES string of the molecule is Clc1c(Cl)c(Cl)c2c(oc3c(Br)cccc32)c1Cl. The van der Waals surface area contributed by atoms with Crippen LogP contribution in [-0.4, -0.2) is 0 Å². The fourth-order valence-corrected chi connectivity index (χ4v) is 3.28. The van der Waals surface area contributed by atoms with Gasteiger partial charge in [-0.1, -0.05) is 58.5 Å². The second kappa shape index (κ2) is 4.46. The maximum Gasteiger partial charge on any atom is 0.157 e. The molecule has 0 saturated heterocycles. The third-order valence-electron chi connectivity index (χ3n) is 2.66. The van der Waals surface area contributed by atoms with Gasteiger partial charge in [-0.15, -0.1) is 0 Å². The summed E-state index contributed by atoms with van der Waals surface area (Å²) < 4.78 is 6.54. The van der Waals surface area contributed by atoms with Crippen molar-refractivity contribution >= 4 is 84.3 Å². The predicted octanol–water partition coefficient (Wildman–Crippen LogP) is 6.96. The van der Waals surface area contributed by atoms with E-state index in [0.29, 0.717) is 21.6 Å². The molecule has 3 aromatic rings.